The predicted molar refractivity (Wildman–Crippen MR) is 73.8 cm³/mol. The minimum atomic E-state index is -0.672. The molecule has 0 aliphatic rings. The van der Waals surface area contributed by atoms with Crippen LogP contribution in [0.1, 0.15) is 15.9 Å². The number of carbonyl (C=O) groups is 1. The molecule has 0 aliphatic carbocycles. The Hall–Kier alpha value is -3.07. The first kappa shape index (κ1) is 13.4. The number of para-hydroxylation sites is 1. The second-order valence-electron chi connectivity index (χ2n) is 4.03. The van der Waals surface area contributed by atoms with Crippen molar-refractivity contribution in [2.75, 3.05) is 11.1 Å². The molecule has 2 rings (SSSR count). The Bertz CT molecular complexity index is 722. The number of amides is 1. The zero-order chi connectivity index (χ0) is 14.7. The van der Waals surface area contributed by atoms with Gasteiger partial charge in [0.25, 0.3) is 5.91 Å². The molecule has 100 valence electrons. The fourth-order valence-corrected chi connectivity index (χ4v) is 1.79. The predicted octanol–water partition coefficient (Wildman–Crippen LogP) is 2.12. The van der Waals surface area contributed by atoms with Gasteiger partial charge in [0.05, 0.1) is 22.6 Å². The van der Waals surface area contributed by atoms with Crippen molar-refractivity contribution in [3.8, 4) is 6.07 Å². The number of primary amides is 1. The van der Waals surface area contributed by atoms with Crippen molar-refractivity contribution in [2.24, 2.45) is 5.73 Å². The van der Waals surface area contributed by atoms with E-state index in [4.69, 9.17) is 16.7 Å². The van der Waals surface area contributed by atoms with Crippen molar-refractivity contribution in [2.45, 2.75) is 0 Å². The molecule has 1 amide bonds. The quantitative estimate of drug-likeness (QED) is 0.743. The number of benzene rings is 2. The van der Waals surface area contributed by atoms with Crippen LogP contribution in [0.25, 0.3) is 0 Å². The van der Waals surface area contributed by atoms with Crippen LogP contribution >= 0.6 is 0 Å². The number of hydrogen-bond donors (Lipinski definition) is 3. The van der Waals surface area contributed by atoms with Gasteiger partial charge in [-0.05, 0) is 24.3 Å². The summed E-state index contributed by atoms with van der Waals surface area (Å²) in [5, 5.41) is 11.8. The molecule has 0 aromatic heterocycles. The SMILES string of the molecule is N#Cc1c(F)cccc1Nc1c(N)cccc1C(N)=O. The van der Waals surface area contributed by atoms with Gasteiger partial charge in [0.15, 0.2) is 0 Å². The monoisotopic (exact) mass is 270 g/mol. The Morgan fingerprint density at radius 1 is 1.25 bits per heavy atom. The number of nitrogens with zero attached hydrogens (tertiary/aromatic N) is 1. The third-order valence-corrected chi connectivity index (χ3v) is 2.75. The molecule has 0 heterocycles. The van der Waals surface area contributed by atoms with Crippen molar-refractivity contribution in [1.82, 2.24) is 0 Å². The minimum absolute atomic E-state index is 0.161. The normalized spacial score (nSPS) is 9.80. The molecule has 5 nitrogen and oxygen atoms in total. The Labute approximate surface area is 114 Å². The second-order valence-corrected chi connectivity index (χ2v) is 4.03. The molecule has 0 aliphatic heterocycles. The van der Waals surface area contributed by atoms with Crippen molar-refractivity contribution in [3.63, 3.8) is 0 Å². The summed E-state index contributed by atoms with van der Waals surface area (Å²) in [4.78, 5) is 11.4. The van der Waals surface area contributed by atoms with E-state index < -0.39 is 11.7 Å². The molecular weight excluding hydrogens is 259 g/mol. The maximum atomic E-state index is 13.5. The Morgan fingerprint density at radius 3 is 2.60 bits per heavy atom. The average molecular weight is 270 g/mol. The van der Waals surface area contributed by atoms with Crippen LogP contribution in [0, 0.1) is 17.1 Å². The van der Waals surface area contributed by atoms with Gasteiger partial charge in [-0.3, -0.25) is 4.79 Å². The van der Waals surface area contributed by atoms with Gasteiger partial charge >= 0.3 is 0 Å². The summed E-state index contributed by atoms with van der Waals surface area (Å²) in [6.07, 6.45) is 0. The lowest BCUT2D eigenvalue weighted by Gasteiger charge is -2.14. The Balaban J connectivity index is 2.54. The van der Waals surface area contributed by atoms with E-state index in [9.17, 15) is 9.18 Å². The molecule has 0 unspecified atom stereocenters. The lowest BCUT2D eigenvalue weighted by atomic mass is 10.1. The zero-order valence-corrected chi connectivity index (χ0v) is 10.4. The van der Waals surface area contributed by atoms with Crippen LogP contribution in [-0.2, 0) is 0 Å². The first-order valence-electron chi connectivity index (χ1n) is 5.68. The van der Waals surface area contributed by atoms with Crippen molar-refractivity contribution in [1.29, 1.82) is 5.26 Å². The number of nitrogens with one attached hydrogen (secondary N) is 1. The van der Waals surface area contributed by atoms with Gasteiger partial charge in [-0.15, -0.1) is 0 Å². The number of nitrogen functional groups attached to an aromatic ring is 1. The van der Waals surface area contributed by atoms with E-state index in [2.05, 4.69) is 5.32 Å². The summed E-state index contributed by atoms with van der Waals surface area (Å²) < 4.78 is 13.5. The van der Waals surface area contributed by atoms with Crippen LogP contribution in [0.15, 0.2) is 36.4 Å². The average Bonchev–Trinajstić information content (AvgIpc) is 2.41. The van der Waals surface area contributed by atoms with Crippen LogP contribution in [0.5, 0.6) is 0 Å². The molecule has 2 aromatic carbocycles. The fraction of sp³-hybridized carbons (Fsp3) is 0. The lowest BCUT2D eigenvalue weighted by molar-refractivity contribution is 0.100. The summed E-state index contributed by atoms with van der Waals surface area (Å²) in [5.41, 5.74) is 11.8. The standard InChI is InChI=1S/C14H11FN4O/c15-10-4-2-6-12(9(10)7-16)19-13-8(14(18)20)3-1-5-11(13)17/h1-6,19H,17H2,(H2,18,20). The lowest BCUT2D eigenvalue weighted by Crippen LogP contribution is -2.14. The topological polar surface area (TPSA) is 105 Å². The number of nitriles is 1. The number of carbonyl (C=O) groups excluding carboxylic acids is 1. The summed E-state index contributed by atoms with van der Waals surface area (Å²) >= 11 is 0. The number of anilines is 3. The van der Waals surface area contributed by atoms with E-state index in [1.165, 1.54) is 24.3 Å². The third-order valence-electron chi connectivity index (χ3n) is 2.75. The maximum absolute atomic E-state index is 13.5. The van der Waals surface area contributed by atoms with Gasteiger partial charge < -0.3 is 16.8 Å². The van der Waals surface area contributed by atoms with Gasteiger partial charge in [-0.1, -0.05) is 12.1 Å². The molecular formula is C14H11FN4O. The minimum Gasteiger partial charge on any atom is -0.397 e. The third kappa shape index (κ3) is 2.37. The number of hydrogen-bond acceptors (Lipinski definition) is 4. The highest BCUT2D eigenvalue weighted by Crippen LogP contribution is 2.29. The first-order valence-corrected chi connectivity index (χ1v) is 5.68. The van der Waals surface area contributed by atoms with E-state index in [1.54, 1.807) is 18.2 Å². The second kappa shape index (κ2) is 5.28. The molecule has 0 saturated carbocycles. The maximum Gasteiger partial charge on any atom is 0.250 e. The fourth-order valence-electron chi connectivity index (χ4n) is 1.79. The highest BCUT2D eigenvalue weighted by atomic mass is 19.1. The van der Waals surface area contributed by atoms with Crippen molar-refractivity contribution < 1.29 is 9.18 Å². The van der Waals surface area contributed by atoms with E-state index >= 15 is 0 Å². The van der Waals surface area contributed by atoms with E-state index in [-0.39, 0.29) is 28.2 Å². The molecule has 0 saturated heterocycles. The molecule has 5 N–H and O–H groups in total. The van der Waals surface area contributed by atoms with Crippen LogP contribution in [0.3, 0.4) is 0 Å². The molecule has 0 bridgehead atoms. The highest BCUT2D eigenvalue weighted by Gasteiger charge is 2.14. The van der Waals surface area contributed by atoms with Gasteiger partial charge in [-0.2, -0.15) is 5.26 Å². The Morgan fingerprint density at radius 2 is 1.95 bits per heavy atom. The van der Waals surface area contributed by atoms with Gasteiger partial charge in [0.1, 0.15) is 17.4 Å². The van der Waals surface area contributed by atoms with Crippen LogP contribution in [0.2, 0.25) is 0 Å². The van der Waals surface area contributed by atoms with Crippen LogP contribution in [0.4, 0.5) is 21.5 Å². The zero-order valence-electron chi connectivity index (χ0n) is 10.4. The first-order chi connectivity index (χ1) is 9.54. The molecule has 0 radical (unpaired) electrons. The van der Waals surface area contributed by atoms with Gasteiger partial charge in [0, 0.05) is 0 Å². The molecule has 0 spiro atoms. The summed E-state index contributed by atoms with van der Waals surface area (Å²) in [5.74, 6) is -1.33. The molecule has 0 atom stereocenters. The molecule has 0 fully saturated rings. The number of rotatable bonds is 3. The molecule has 2 aromatic rings. The van der Waals surface area contributed by atoms with E-state index in [1.807, 2.05) is 0 Å². The largest absolute Gasteiger partial charge is 0.397 e. The summed E-state index contributed by atoms with van der Waals surface area (Å²) in [6, 6.07) is 10.5. The van der Waals surface area contributed by atoms with Gasteiger partial charge in [-0.25, -0.2) is 4.39 Å². The van der Waals surface area contributed by atoms with Gasteiger partial charge in [0.2, 0.25) is 0 Å². The van der Waals surface area contributed by atoms with Crippen LogP contribution in [-0.4, -0.2) is 5.91 Å². The summed E-state index contributed by atoms with van der Waals surface area (Å²) in [6.45, 7) is 0. The van der Waals surface area contributed by atoms with E-state index in [0.29, 0.717) is 0 Å². The van der Waals surface area contributed by atoms with E-state index in [0.717, 1.165) is 0 Å². The molecule has 6 heteroatoms. The summed E-state index contributed by atoms with van der Waals surface area (Å²) in [7, 11) is 0. The number of halogens is 1. The number of nitrogens with two attached hydrogens (primary N) is 2. The highest BCUT2D eigenvalue weighted by molar-refractivity contribution is 6.02. The van der Waals surface area contributed by atoms with Crippen molar-refractivity contribution in [3.05, 3.63) is 53.3 Å². The smallest absolute Gasteiger partial charge is 0.250 e. The molecule has 20 heavy (non-hydrogen) atoms. The Kier molecular flexibility index (Phi) is 3.53. The van der Waals surface area contributed by atoms with Crippen LogP contribution < -0.4 is 16.8 Å². The van der Waals surface area contributed by atoms with Crippen molar-refractivity contribution >= 4 is 23.0 Å².